The molecule has 0 heterocycles. The molecule has 0 amide bonds. The highest BCUT2D eigenvalue weighted by Crippen LogP contribution is 2.29. The second-order valence-electron chi connectivity index (χ2n) is 5.19. The van der Waals surface area contributed by atoms with Crippen molar-refractivity contribution in [2.24, 2.45) is 0 Å². The third-order valence-electron chi connectivity index (χ3n) is 3.37. The lowest BCUT2D eigenvalue weighted by Crippen LogP contribution is -1.98. The summed E-state index contributed by atoms with van der Waals surface area (Å²) < 4.78 is 0. The molecule has 1 saturated carbocycles. The highest BCUT2D eigenvalue weighted by Gasteiger charge is 2.09. The van der Waals surface area contributed by atoms with Crippen LogP contribution in [0.1, 0.15) is 46.5 Å². The van der Waals surface area contributed by atoms with Gasteiger partial charge in [0.15, 0.2) is 0 Å². The van der Waals surface area contributed by atoms with Gasteiger partial charge in [-0.05, 0) is 63.2 Å². The van der Waals surface area contributed by atoms with E-state index in [1.807, 2.05) is 18.2 Å². The minimum atomic E-state index is -0.908. The molecule has 1 fully saturated rings. The van der Waals surface area contributed by atoms with Gasteiger partial charge in [-0.2, -0.15) is 0 Å². The monoisotopic (exact) mass is 272 g/mol. The first kappa shape index (κ1) is 16.2. The number of hydrogen-bond acceptors (Lipinski definition) is 1. The zero-order valence-electron chi connectivity index (χ0n) is 12.6. The molecule has 2 heteroatoms. The molecule has 0 aromatic carbocycles. The summed E-state index contributed by atoms with van der Waals surface area (Å²) in [6.07, 6.45) is 16.3. The van der Waals surface area contributed by atoms with Crippen LogP contribution in [0.4, 0.5) is 0 Å². The number of carbonyl (C=O) groups is 1. The van der Waals surface area contributed by atoms with Crippen LogP contribution in [0, 0.1) is 0 Å². The van der Waals surface area contributed by atoms with Crippen molar-refractivity contribution in [1.29, 1.82) is 0 Å². The van der Waals surface area contributed by atoms with Crippen LogP contribution >= 0.6 is 0 Å². The summed E-state index contributed by atoms with van der Waals surface area (Å²) in [5.41, 5.74) is 4.84. The van der Waals surface area contributed by atoms with Crippen molar-refractivity contribution in [3.63, 3.8) is 0 Å². The Labute approximate surface area is 121 Å². The number of rotatable bonds is 4. The van der Waals surface area contributed by atoms with Gasteiger partial charge in [-0.15, -0.1) is 0 Å². The van der Waals surface area contributed by atoms with Gasteiger partial charge in [0.05, 0.1) is 0 Å². The minimum absolute atomic E-state index is 0.737. The Morgan fingerprint density at radius 2 is 1.75 bits per heavy atom. The maximum atomic E-state index is 10.5. The molecule has 0 unspecified atom stereocenters. The van der Waals surface area contributed by atoms with Gasteiger partial charge in [0, 0.05) is 6.08 Å². The van der Waals surface area contributed by atoms with Crippen LogP contribution in [0.25, 0.3) is 0 Å². The Hall–Kier alpha value is -1.83. The molecule has 0 bridgehead atoms. The summed E-state index contributed by atoms with van der Waals surface area (Å²) in [5, 5.41) is 8.62. The van der Waals surface area contributed by atoms with Crippen LogP contribution in [0.15, 0.2) is 58.7 Å². The predicted molar refractivity (Wildman–Crippen MR) is 84.6 cm³/mol. The van der Waals surface area contributed by atoms with E-state index in [-0.39, 0.29) is 0 Å². The van der Waals surface area contributed by atoms with E-state index < -0.39 is 5.97 Å². The quantitative estimate of drug-likeness (QED) is 0.579. The Balaban J connectivity index is 2.74. The number of carboxylic acid groups (broad SMARTS) is 1. The molecule has 0 saturated heterocycles. The van der Waals surface area contributed by atoms with Gasteiger partial charge < -0.3 is 5.11 Å². The van der Waals surface area contributed by atoms with Crippen molar-refractivity contribution in [2.45, 2.75) is 46.5 Å². The van der Waals surface area contributed by atoms with Gasteiger partial charge >= 0.3 is 5.97 Å². The first-order valence-corrected chi connectivity index (χ1v) is 7.15. The van der Waals surface area contributed by atoms with Gasteiger partial charge in [0.2, 0.25) is 0 Å². The van der Waals surface area contributed by atoms with E-state index >= 15 is 0 Å². The molecule has 2 nitrogen and oxygen atoms in total. The molecule has 0 aliphatic heterocycles. The maximum Gasteiger partial charge on any atom is 0.328 e. The first-order chi connectivity index (χ1) is 9.52. The second-order valence-corrected chi connectivity index (χ2v) is 5.19. The molecule has 0 atom stereocenters. The van der Waals surface area contributed by atoms with Gasteiger partial charge in [0.1, 0.15) is 0 Å². The standard InChI is InChI=1S/C18H24O2/c1-4-16-10-5-6-11-17(16)12-14(2)8-7-9-15(3)13-18(19)20/h4,7-9,12-13H,5-6,10-11H2,1-3H3,(H,19,20)/b9-7+,14-8+,15-13-,16-4+,17-12+. The molecule has 20 heavy (non-hydrogen) atoms. The van der Waals surface area contributed by atoms with E-state index in [0.717, 1.165) is 12.0 Å². The van der Waals surface area contributed by atoms with Crippen molar-refractivity contribution in [3.05, 3.63) is 58.7 Å². The molecule has 0 aromatic heterocycles. The van der Waals surface area contributed by atoms with Gasteiger partial charge in [0.25, 0.3) is 0 Å². The van der Waals surface area contributed by atoms with Crippen LogP contribution in [0.2, 0.25) is 0 Å². The lowest BCUT2D eigenvalue weighted by atomic mass is 9.88. The minimum Gasteiger partial charge on any atom is -0.478 e. The number of hydrogen-bond donors (Lipinski definition) is 1. The highest BCUT2D eigenvalue weighted by atomic mass is 16.4. The number of allylic oxidation sites excluding steroid dienone is 9. The summed E-state index contributed by atoms with van der Waals surface area (Å²) in [5.74, 6) is -0.908. The highest BCUT2D eigenvalue weighted by molar-refractivity contribution is 5.81. The van der Waals surface area contributed by atoms with Gasteiger partial charge in [-0.1, -0.05) is 36.0 Å². The molecular formula is C18H24O2. The van der Waals surface area contributed by atoms with Crippen molar-refractivity contribution in [2.75, 3.05) is 0 Å². The van der Waals surface area contributed by atoms with E-state index in [0.29, 0.717) is 0 Å². The molecule has 0 aromatic rings. The SMILES string of the molecule is C\C=C1/CCCC/C1=C\C(C)=C\C=C\C(C)=C/C(=O)O. The zero-order valence-corrected chi connectivity index (χ0v) is 12.6. The van der Waals surface area contributed by atoms with Crippen molar-refractivity contribution < 1.29 is 9.90 Å². The molecule has 0 radical (unpaired) electrons. The fraction of sp³-hybridized carbons (Fsp3) is 0.389. The number of carboxylic acids is 1. The average Bonchev–Trinajstić information content (AvgIpc) is 2.38. The van der Waals surface area contributed by atoms with Crippen LogP contribution in [-0.2, 0) is 4.79 Å². The largest absolute Gasteiger partial charge is 0.478 e. The van der Waals surface area contributed by atoms with Crippen LogP contribution in [0.3, 0.4) is 0 Å². The summed E-state index contributed by atoms with van der Waals surface area (Å²) in [4.78, 5) is 10.5. The molecule has 1 rings (SSSR count). The van der Waals surface area contributed by atoms with Gasteiger partial charge in [-0.3, -0.25) is 0 Å². The van der Waals surface area contributed by atoms with Crippen molar-refractivity contribution in [1.82, 2.24) is 0 Å². The van der Waals surface area contributed by atoms with Crippen molar-refractivity contribution in [3.8, 4) is 0 Å². The fourth-order valence-electron chi connectivity index (χ4n) is 2.36. The van der Waals surface area contributed by atoms with E-state index in [1.54, 1.807) is 6.92 Å². The maximum absolute atomic E-state index is 10.5. The van der Waals surface area contributed by atoms with E-state index in [9.17, 15) is 4.79 Å². The summed E-state index contributed by atoms with van der Waals surface area (Å²) in [6.45, 7) is 5.97. The second kappa shape index (κ2) is 8.36. The molecule has 1 aliphatic carbocycles. The normalized spacial score (nSPS) is 21.9. The Morgan fingerprint density at radius 3 is 2.35 bits per heavy atom. The Bertz CT molecular complexity index is 500. The number of aliphatic carboxylic acids is 1. The van der Waals surface area contributed by atoms with Gasteiger partial charge in [-0.25, -0.2) is 4.79 Å². The molecule has 1 N–H and O–H groups in total. The van der Waals surface area contributed by atoms with E-state index in [1.165, 1.54) is 42.1 Å². The summed E-state index contributed by atoms with van der Waals surface area (Å²) >= 11 is 0. The molecule has 1 aliphatic rings. The molecule has 0 spiro atoms. The average molecular weight is 272 g/mol. The lowest BCUT2D eigenvalue weighted by Gasteiger charge is -2.18. The fourth-order valence-corrected chi connectivity index (χ4v) is 2.36. The van der Waals surface area contributed by atoms with E-state index in [2.05, 4.69) is 26.0 Å². The summed E-state index contributed by atoms with van der Waals surface area (Å²) in [6, 6.07) is 0. The lowest BCUT2D eigenvalue weighted by molar-refractivity contribution is -0.131. The predicted octanol–water partition coefficient (Wildman–Crippen LogP) is 4.97. The van der Waals surface area contributed by atoms with Crippen LogP contribution in [0.5, 0.6) is 0 Å². The van der Waals surface area contributed by atoms with Crippen molar-refractivity contribution >= 4 is 5.97 Å². The third-order valence-corrected chi connectivity index (χ3v) is 3.37. The molecular weight excluding hydrogens is 248 g/mol. The van der Waals surface area contributed by atoms with Crippen LogP contribution in [-0.4, -0.2) is 11.1 Å². The zero-order chi connectivity index (χ0) is 15.0. The van der Waals surface area contributed by atoms with Crippen LogP contribution < -0.4 is 0 Å². The Morgan fingerprint density at radius 1 is 1.10 bits per heavy atom. The first-order valence-electron chi connectivity index (χ1n) is 7.15. The molecule has 108 valence electrons. The Kier molecular flexibility index (Phi) is 6.78. The smallest absolute Gasteiger partial charge is 0.328 e. The third kappa shape index (κ3) is 5.87. The topological polar surface area (TPSA) is 37.3 Å². The van der Waals surface area contributed by atoms with E-state index in [4.69, 9.17) is 5.11 Å². The summed E-state index contributed by atoms with van der Waals surface area (Å²) in [7, 11) is 0.